The third kappa shape index (κ3) is 2.12. The summed E-state index contributed by atoms with van der Waals surface area (Å²) < 4.78 is 0. The van der Waals surface area contributed by atoms with Crippen molar-refractivity contribution in [1.29, 1.82) is 0 Å². The zero-order valence-electron chi connectivity index (χ0n) is 11.2. The SMILES string of the molecule is CCCC1=C(C)C2CCCCCCC2=C1C. The molecule has 0 bridgehead atoms. The molecule has 0 heterocycles. The first-order valence-corrected chi connectivity index (χ1v) is 7.15. The molecule has 0 radical (unpaired) electrons. The lowest BCUT2D eigenvalue weighted by molar-refractivity contribution is 0.504. The molecule has 0 aromatic rings. The molecule has 0 aliphatic heterocycles. The summed E-state index contributed by atoms with van der Waals surface area (Å²) in [5.74, 6) is 0.835. The van der Waals surface area contributed by atoms with E-state index in [1.165, 1.54) is 51.4 Å². The fourth-order valence-electron chi connectivity index (χ4n) is 3.63. The smallest absolute Gasteiger partial charge is 0.00159 e. The molecule has 16 heavy (non-hydrogen) atoms. The average molecular weight is 218 g/mol. The highest BCUT2D eigenvalue weighted by molar-refractivity contribution is 5.48. The molecule has 90 valence electrons. The minimum atomic E-state index is 0.835. The maximum Gasteiger partial charge on any atom is 0.00159 e. The first kappa shape index (κ1) is 12.0. The van der Waals surface area contributed by atoms with E-state index in [9.17, 15) is 0 Å². The Bertz CT molecular complexity index is 317. The Labute approximate surface area is 101 Å². The van der Waals surface area contributed by atoms with Gasteiger partial charge in [0.05, 0.1) is 0 Å². The van der Waals surface area contributed by atoms with Gasteiger partial charge in [-0.3, -0.25) is 0 Å². The second-order valence-electron chi connectivity index (χ2n) is 5.57. The van der Waals surface area contributed by atoms with Crippen LogP contribution in [-0.2, 0) is 0 Å². The van der Waals surface area contributed by atoms with Gasteiger partial charge in [0.25, 0.3) is 0 Å². The molecule has 1 fully saturated rings. The zero-order chi connectivity index (χ0) is 11.5. The largest absolute Gasteiger partial charge is 0.0651 e. The molecular formula is C16H26. The molecule has 2 rings (SSSR count). The van der Waals surface area contributed by atoms with E-state index in [2.05, 4.69) is 20.8 Å². The van der Waals surface area contributed by atoms with E-state index in [-0.39, 0.29) is 0 Å². The Kier molecular flexibility index (Phi) is 3.89. The van der Waals surface area contributed by atoms with Crippen molar-refractivity contribution in [2.24, 2.45) is 5.92 Å². The standard InChI is InChI=1S/C16H26/c1-4-9-14-12(2)15-10-7-5-6-8-11-16(15)13(14)3/h15H,4-11H2,1-3H3. The van der Waals surface area contributed by atoms with Crippen molar-refractivity contribution in [3.63, 3.8) is 0 Å². The van der Waals surface area contributed by atoms with Crippen molar-refractivity contribution in [2.75, 3.05) is 0 Å². The van der Waals surface area contributed by atoms with Gasteiger partial charge in [0, 0.05) is 5.92 Å². The predicted molar refractivity (Wildman–Crippen MR) is 71.5 cm³/mol. The predicted octanol–water partition coefficient (Wildman–Crippen LogP) is 5.40. The molecular weight excluding hydrogens is 192 g/mol. The van der Waals surface area contributed by atoms with Gasteiger partial charge >= 0.3 is 0 Å². The summed E-state index contributed by atoms with van der Waals surface area (Å²) in [5, 5.41) is 0. The molecule has 0 saturated heterocycles. The lowest BCUT2D eigenvalue weighted by Gasteiger charge is -2.20. The lowest BCUT2D eigenvalue weighted by Crippen LogP contribution is -2.06. The van der Waals surface area contributed by atoms with Crippen molar-refractivity contribution >= 4 is 0 Å². The number of rotatable bonds is 2. The molecule has 0 heteroatoms. The van der Waals surface area contributed by atoms with Gasteiger partial charge < -0.3 is 0 Å². The van der Waals surface area contributed by atoms with Crippen molar-refractivity contribution in [2.45, 2.75) is 72.1 Å². The molecule has 0 aromatic carbocycles. The summed E-state index contributed by atoms with van der Waals surface area (Å²) in [6.45, 7) is 7.08. The van der Waals surface area contributed by atoms with Crippen LogP contribution >= 0.6 is 0 Å². The normalized spacial score (nSPS) is 26.8. The maximum atomic E-state index is 2.40. The summed E-state index contributed by atoms with van der Waals surface area (Å²) in [6.07, 6.45) is 11.2. The average Bonchev–Trinajstić information content (AvgIpc) is 2.42. The molecule has 0 aromatic heterocycles. The first-order chi connectivity index (χ1) is 7.75. The highest BCUT2D eigenvalue weighted by atomic mass is 14.3. The third-order valence-corrected chi connectivity index (χ3v) is 4.54. The molecule has 0 spiro atoms. The minimum absolute atomic E-state index is 0.835. The molecule has 0 N–H and O–H groups in total. The van der Waals surface area contributed by atoms with Crippen LogP contribution in [0.4, 0.5) is 0 Å². The molecule has 0 amide bonds. The van der Waals surface area contributed by atoms with Gasteiger partial charge in [0.1, 0.15) is 0 Å². The van der Waals surface area contributed by atoms with Gasteiger partial charge in [0.15, 0.2) is 0 Å². The highest BCUT2D eigenvalue weighted by Crippen LogP contribution is 2.44. The number of fused-ring (bicyclic) bond motifs is 1. The van der Waals surface area contributed by atoms with E-state index in [4.69, 9.17) is 0 Å². The van der Waals surface area contributed by atoms with Crippen LogP contribution in [0, 0.1) is 5.92 Å². The van der Waals surface area contributed by atoms with E-state index in [0.717, 1.165) is 5.92 Å². The number of hydrogen-bond donors (Lipinski definition) is 0. The fourth-order valence-corrected chi connectivity index (χ4v) is 3.63. The lowest BCUT2D eigenvalue weighted by atomic mass is 9.85. The Morgan fingerprint density at radius 1 is 1.06 bits per heavy atom. The van der Waals surface area contributed by atoms with Crippen molar-refractivity contribution in [3.8, 4) is 0 Å². The van der Waals surface area contributed by atoms with Crippen molar-refractivity contribution < 1.29 is 0 Å². The van der Waals surface area contributed by atoms with Crippen molar-refractivity contribution in [1.82, 2.24) is 0 Å². The van der Waals surface area contributed by atoms with Crippen LogP contribution in [-0.4, -0.2) is 0 Å². The number of allylic oxidation sites excluding steroid dienone is 4. The van der Waals surface area contributed by atoms with Crippen LogP contribution in [0.2, 0.25) is 0 Å². The summed E-state index contributed by atoms with van der Waals surface area (Å²) in [5.41, 5.74) is 6.91. The van der Waals surface area contributed by atoms with Crippen LogP contribution in [0.25, 0.3) is 0 Å². The molecule has 2 aliphatic rings. The second-order valence-corrected chi connectivity index (χ2v) is 5.57. The van der Waals surface area contributed by atoms with Gasteiger partial charge in [-0.2, -0.15) is 0 Å². The van der Waals surface area contributed by atoms with Crippen LogP contribution in [0.1, 0.15) is 72.1 Å². The molecule has 0 nitrogen and oxygen atoms in total. The van der Waals surface area contributed by atoms with Crippen LogP contribution in [0.15, 0.2) is 22.3 Å². The molecule has 1 atom stereocenters. The Balaban J connectivity index is 2.25. The summed E-state index contributed by atoms with van der Waals surface area (Å²) in [6, 6.07) is 0. The summed E-state index contributed by atoms with van der Waals surface area (Å²) >= 11 is 0. The van der Waals surface area contributed by atoms with E-state index in [1.54, 1.807) is 22.3 Å². The third-order valence-electron chi connectivity index (χ3n) is 4.54. The fraction of sp³-hybridized carbons (Fsp3) is 0.750. The number of hydrogen-bond acceptors (Lipinski definition) is 0. The van der Waals surface area contributed by atoms with E-state index in [0.29, 0.717) is 0 Å². The molecule has 2 aliphatic carbocycles. The van der Waals surface area contributed by atoms with Gasteiger partial charge in [-0.05, 0) is 50.7 Å². The Morgan fingerprint density at radius 3 is 2.56 bits per heavy atom. The highest BCUT2D eigenvalue weighted by Gasteiger charge is 2.28. The van der Waals surface area contributed by atoms with Crippen LogP contribution in [0.5, 0.6) is 0 Å². The Morgan fingerprint density at radius 2 is 1.81 bits per heavy atom. The quantitative estimate of drug-likeness (QED) is 0.582. The summed E-state index contributed by atoms with van der Waals surface area (Å²) in [4.78, 5) is 0. The second kappa shape index (κ2) is 5.21. The van der Waals surface area contributed by atoms with Crippen LogP contribution in [0.3, 0.4) is 0 Å². The molecule has 1 unspecified atom stereocenters. The first-order valence-electron chi connectivity index (χ1n) is 7.15. The monoisotopic (exact) mass is 218 g/mol. The van der Waals surface area contributed by atoms with E-state index < -0.39 is 0 Å². The van der Waals surface area contributed by atoms with Crippen LogP contribution < -0.4 is 0 Å². The van der Waals surface area contributed by atoms with Gasteiger partial charge in [0.2, 0.25) is 0 Å². The van der Waals surface area contributed by atoms with E-state index >= 15 is 0 Å². The van der Waals surface area contributed by atoms with E-state index in [1.807, 2.05) is 0 Å². The van der Waals surface area contributed by atoms with Gasteiger partial charge in [-0.1, -0.05) is 43.8 Å². The van der Waals surface area contributed by atoms with Crippen molar-refractivity contribution in [3.05, 3.63) is 22.3 Å². The summed E-state index contributed by atoms with van der Waals surface area (Å²) in [7, 11) is 0. The maximum absolute atomic E-state index is 2.40. The Hall–Kier alpha value is -0.520. The topological polar surface area (TPSA) is 0 Å². The van der Waals surface area contributed by atoms with Gasteiger partial charge in [-0.25, -0.2) is 0 Å². The minimum Gasteiger partial charge on any atom is -0.0651 e. The molecule has 1 saturated carbocycles. The zero-order valence-corrected chi connectivity index (χ0v) is 11.2. The van der Waals surface area contributed by atoms with Gasteiger partial charge in [-0.15, -0.1) is 0 Å².